The Balaban J connectivity index is 1.77. The number of nitro groups is 1. The van der Waals surface area contributed by atoms with Crippen LogP contribution < -0.4 is 15.4 Å². The molecule has 3 rings (SSSR count). The third-order valence-corrected chi connectivity index (χ3v) is 4.95. The second kappa shape index (κ2) is 8.57. The summed E-state index contributed by atoms with van der Waals surface area (Å²) in [6.45, 7) is -0.727. The van der Waals surface area contributed by atoms with E-state index in [1.165, 1.54) is 43.3 Å². The Hall–Kier alpha value is -4.09. The van der Waals surface area contributed by atoms with Crippen LogP contribution in [0.2, 0.25) is 0 Å². The van der Waals surface area contributed by atoms with E-state index in [0.717, 1.165) is 0 Å². The van der Waals surface area contributed by atoms with Gasteiger partial charge in [-0.3, -0.25) is 24.6 Å². The van der Waals surface area contributed by atoms with Crippen molar-refractivity contribution < 1.29 is 32.8 Å². The van der Waals surface area contributed by atoms with Gasteiger partial charge in [0.2, 0.25) is 5.91 Å². The number of halogens is 2. The number of alkyl halides is 2. The van der Waals surface area contributed by atoms with Gasteiger partial charge in [0.25, 0.3) is 11.6 Å². The lowest BCUT2D eigenvalue weighted by atomic mass is 9.92. The highest BCUT2D eigenvalue weighted by Crippen LogP contribution is 2.31. The van der Waals surface area contributed by atoms with E-state index in [1.807, 2.05) is 0 Å². The maximum Gasteiger partial charge on any atom is 0.387 e. The number of rotatable bonds is 7. The van der Waals surface area contributed by atoms with E-state index < -0.39 is 41.5 Å². The molecule has 1 aliphatic heterocycles. The number of nitro benzene ring substituents is 1. The predicted octanol–water partition coefficient (Wildman–Crippen LogP) is 2.91. The van der Waals surface area contributed by atoms with Gasteiger partial charge in [-0.15, -0.1) is 0 Å². The van der Waals surface area contributed by atoms with Crippen LogP contribution in [0.15, 0.2) is 42.5 Å². The molecule has 1 atom stereocenters. The highest BCUT2D eigenvalue weighted by atomic mass is 19.3. The molecule has 32 heavy (non-hydrogen) atoms. The molecule has 168 valence electrons. The minimum absolute atomic E-state index is 0.0352. The average Bonchev–Trinajstić information content (AvgIpc) is 2.93. The Kier molecular flexibility index (Phi) is 6.05. The molecule has 1 heterocycles. The zero-order chi connectivity index (χ0) is 23.6. The summed E-state index contributed by atoms with van der Waals surface area (Å²) in [6.07, 6.45) is 0. The van der Waals surface area contributed by atoms with Crippen molar-refractivity contribution in [2.45, 2.75) is 26.0 Å². The van der Waals surface area contributed by atoms with E-state index in [4.69, 9.17) is 0 Å². The molecule has 1 saturated heterocycles. The van der Waals surface area contributed by atoms with Gasteiger partial charge in [-0.2, -0.15) is 8.78 Å². The zero-order valence-electron chi connectivity index (χ0n) is 16.9. The normalized spacial score (nSPS) is 18.0. The largest absolute Gasteiger partial charge is 0.435 e. The summed E-state index contributed by atoms with van der Waals surface area (Å²) in [6, 6.07) is 8.52. The number of nitrogens with zero attached hydrogens (tertiary/aromatic N) is 2. The third kappa shape index (κ3) is 4.33. The van der Waals surface area contributed by atoms with E-state index in [2.05, 4.69) is 15.4 Å². The van der Waals surface area contributed by atoms with Gasteiger partial charge in [0.15, 0.2) is 0 Å². The van der Waals surface area contributed by atoms with E-state index >= 15 is 0 Å². The average molecular weight is 448 g/mol. The number of carbonyl (C=O) groups excluding carboxylic acids is 3. The molecule has 2 aromatic carbocycles. The van der Waals surface area contributed by atoms with E-state index in [1.54, 1.807) is 13.0 Å². The van der Waals surface area contributed by atoms with Crippen molar-refractivity contribution in [1.29, 1.82) is 0 Å². The number of urea groups is 1. The minimum atomic E-state index is -3.01. The Labute approximate surface area is 180 Å². The topological polar surface area (TPSA) is 131 Å². The lowest BCUT2D eigenvalue weighted by Gasteiger charge is -2.22. The van der Waals surface area contributed by atoms with Crippen molar-refractivity contribution in [1.82, 2.24) is 10.2 Å². The molecule has 1 unspecified atom stereocenters. The summed E-state index contributed by atoms with van der Waals surface area (Å²) in [5.74, 6) is -1.68. The lowest BCUT2D eigenvalue weighted by Crippen LogP contribution is -2.42. The Morgan fingerprint density at radius 1 is 1.25 bits per heavy atom. The predicted molar refractivity (Wildman–Crippen MR) is 107 cm³/mol. The van der Waals surface area contributed by atoms with Crippen molar-refractivity contribution >= 4 is 29.2 Å². The summed E-state index contributed by atoms with van der Waals surface area (Å²) in [7, 11) is 0. The van der Waals surface area contributed by atoms with Gasteiger partial charge in [-0.1, -0.05) is 24.3 Å². The zero-order valence-corrected chi connectivity index (χ0v) is 16.9. The lowest BCUT2D eigenvalue weighted by molar-refractivity contribution is -0.384. The number of imide groups is 1. The molecule has 0 radical (unpaired) electrons. The highest BCUT2D eigenvalue weighted by Gasteiger charge is 2.49. The van der Waals surface area contributed by atoms with Crippen molar-refractivity contribution in [3.63, 3.8) is 0 Å². The smallest absolute Gasteiger partial charge is 0.387 e. The molecule has 2 aromatic rings. The van der Waals surface area contributed by atoms with E-state index in [9.17, 15) is 33.3 Å². The number of ether oxygens (including phenoxy) is 1. The first-order valence-electron chi connectivity index (χ1n) is 9.26. The quantitative estimate of drug-likeness (QED) is 0.380. The summed E-state index contributed by atoms with van der Waals surface area (Å²) in [4.78, 5) is 49.0. The van der Waals surface area contributed by atoms with Crippen LogP contribution in [0.4, 0.5) is 25.0 Å². The van der Waals surface area contributed by atoms with Crippen LogP contribution in [0.5, 0.6) is 5.75 Å². The van der Waals surface area contributed by atoms with Gasteiger partial charge in [-0.25, -0.2) is 4.79 Å². The number of hydrogen-bond acceptors (Lipinski definition) is 6. The van der Waals surface area contributed by atoms with Gasteiger partial charge >= 0.3 is 12.6 Å². The number of para-hydroxylation sites is 1. The Morgan fingerprint density at radius 2 is 1.91 bits per heavy atom. The van der Waals surface area contributed by atoms with Gasteiger partial charge in [0.1, 0.15) is 23.5 Å². The van der Waals surface area contributed by atoms with Gasteiger partial charge < -0.3 is 15.4 Å². The number of amides is 4. The highest BCUT2D eigenvalue weighted by molar-refractivity contribution is 6.10. The summed E-state index contributed by atoms with van der Waals surface area (Å²) in [5, 5.41) is 16.1. The molecule has 0 spiro atoms. The molecule has 1 aliphatic rings. The molecule has 12 heteroatoms. The van der Waals surface area contributed by atoms with Crippen molar-refractivity contribution in [3.8, 4) is 5.75 Å². The second-order valence-electron chi connectivity index (χ2n) is 7.12. The third-order valence-electron chi connectivity index (χ3n) is 4.95. The van der Waals surface area contributed by atoms with Crippen LogP contribution in [0, 0.1) is 17.0 Å². The molecule has 0 aliphatic carbocycles. The molecule has 2 N–H and O–H groups in total. The Bertz CT molecular complexity index is 1090. The van der Waals surface area contributed by atoms with Crippen LogP contribution >= 0.6 is 0 Å². The fourth-order valence-corrected chi connectivity index (χ4v) is 3.30. The molecule has 1 fully saturated rings. The van der Waals surface area contributed by atoms with Gasteiger partial charge in [0, 0.05) is 6.07 Å². The summed E-state index contributed by atoms with van der Waals surface area (Å²) >= 11 is 0. The first-order chi connectivity index (χ1) is 15.0. The first kappa shape index (κ1) is 22.6. The molecule has 0 saturated carbocycles. The molecule has 4 amide bonds. The van der Waals surface area contributed by atoms with E-state index in [0.29, 0.717) is 10.5 Å². The fourth-order valence-electron chi connectivity index (χ4n) is 3.30. The standard InChI is InChI=1S/C20H18F2N4O6/c1-11-4-3-5-14(26(30)31)16(11)23-15(27)10-25-17(28)20(2,24-19(25)29)12-6-8-13(9-7-12)32-18(21)22/h3-9,18H,10H2,1-2H3,(H,23,27)(H,24,29). The fraction of sp³-hybridized carbons (Fsp3) is 0.250. The van der Waals surface area contributed by atoms with Gasteiger partial charge in [0.05, 0.1) is 4.92 Å². The number of nitrogens with one attached hydrogen (secondary N) is 2. The van der Waals surface area contributed by atoms with Crippen molar-refractivity contribution in [3.05, 3.63) is 63.7 Å². The summed E-state index contributed by atoms with van der Waals surface area (Å²) in [5.41, 5.74) is -1.19. The monoisotopic (exact) mass is 448 g/mol. The van der Waals surface area contributed by atoms with Crippen molar-refractivity contribution in [2.24, 2.45) is 0 Å². The van der Waals surface area contributed by atoms with Crippen LogP contribution in [-0.2, 0) is 15.1 Å². The number of anilines is 1. The summed E-state index contributed by atoms with van der Waals surface area (Å²) < 4.78 is 28.9. The number of benzene rings is 2. The number of carbonyl (C=O) groups is 3. The molecular weight excluding hydrogens is 430 g/mol. The van der Waals surface area contributed by atoms with Crippen LogP contribution in [0.3, 0.4) is 0 Å². The van der Waals surface area contributed by atoms with Crippen LogP contribution in [0.1, 0.15) is 18.1 Å². The van der Waals surface area contributed by atoms with Crippen LogP contribution in [0.25, 0.3) is 0 Å². The van der Waals surface area contributed by atoms with E-state index in [-0.39, 0.29) is 22.7 Å². The molecule has 10 nitrogen and oxygen atoms in total. The van der Waals surface area contributed by atoms with Crippen LogP contribution in [-0.4, -0.2) is 40.8 Å². The number of hydrogen-bond donors (Lipinski definition) is 2. The molecule has 0 aromatic heterocycles. The minimum Gasteiger partial charge on any atom is -0.435 e. The second-order valence-corrected chi connectivity index (χ2v) is 7.12. The molecule has 0 bridgehead atoms. The molecular formula is C20H18F2N4O6. The first-order valence-corrected chi connectivity index (χ1v) is 9.26. The maximum atomic E-state index is 12.9. The number of aryl methyl sites for hydroxylation is 1. The van der Waals surface area contributed by atoms with Gasteiger partial charge in [-0.05, 0) is 37.1 Å². The Morgan fingerprint density at radius 3 is 2.50 bits per heavy atom. The maximum absolute atomic E-state index is 12.9. The SMILES string of the molecule is Cc1cccc([N+](=O)[O-])c1NC(=O)CN1C(=O)NC(C)(c2ccc(OC(F)F)cc2)C1=O. The van der Waals surface area contributed by atoms with Crippen molar-refractivity contribution in [2.75, 3.05) is 11.9 Å².